The van der Waals surface area contributed by atoms with Gasteiger partial charge in [-0.2, -0.15) is 0 Å². The summed E-state index contributed by atoms with van der Waals surface area (Å²) in [5.74, 6) is -0.361. The quantitative estimate of drug-likeness (QED) is 0.673. The molecule has 0 saturated carbocycles. The molecule has 0 amide bonds. The average molecular weight is 186 g/mol. The van der Waals surface area contributed by atoms with Crippen molar-refractivity contribution in [3.05, 3.63) is 22.4 Å². The van der Waals surface area contributed by atoms with Crippen LogP contribution in [0.15, 0.2) is 17.5 Å². The standard InChI is InChI=1S/C8H10O3S/c1-10-7(8(9)11-2)6-4-3-5-12-6/h3-5,7H,1-2H3/t7-/m1/s1. The third-order valence-electron chi connectivity index (χ3n) is 1.45. The highest BCUT2D eigenvalue weighted by Crippen LogP contribution is 2.22. The molecule has 1 atom stereocenters. The normalized spacial score (nSPS) is 12.5. The first kappa shape index (κ1) is 9.22. The van der Waals surface area contributed by atoms with Crippen LogP contribution in [-0.4, -0.2) is 20.2 Å². The zero-order valence-electron chi connectivity index (χ0n) is 6.94. The first-order chi connectivity index (χ1) is 5.79. The Morgan fingerprint density at radius 1 is 1.58 bits per heavy atom. The van der Waals surface area contributed by atoms with Gasteiger partial charge in [0, 0.05) is 12.0 Å². The summed E-state index contributed by atoms with van der Waals surface area (Å²) in [7, 11) is 2.84. The van der Waals surface area contributed by atoms with Gasteiger partial charge in [-0.25, -0.2) is 4.79 Å². The topological polar surface area (TPSA) is 35.5 Å². The molecule has 0 aliphatic heterocycles. The lowest BCUT2D eigenvalue weighted by molar-refractivity contribution is -0.152. The summed E-state index contributed by atoms with van der Waals surface area (Å²) in [4.78, 5) is 12.0. The van der Waals surface area contributed by atoms with Crippen molar-refractivity contribution < 1.29 is 14.3 Å². The van der Waals surface area contributed by atoms with E-state index < -0.39 is 6.10 Å². The second kappa shape index (κ2) is 4.23. The Morgan fingerprint density at radius 3 is 2.75 bits per heavy atom. The van der Waals surface area contributed by atoms with Crippen LogP contribution in [0.2, 0.25) is 0 Å². The molecule has 0 N–H and O–H groups in total. The van der Waals surface area contributed by atoms with Crippen LogP contribution in [0.1, 0.15) is 11.0 Å². The van der Waals surface area contributed by atoms with E-state index in [2.05, 4.69) is 4.74 Å². The molecule has 12 heavy (non-hydrogen) atoms. The second-order valence-corrected chi connectivity index (χ2v) is 3.13. The molecule has 1 heterocycles. The predicted octanol–water partition coefficient (Wildman–Crippen LogP) is 1.61. The number of esters is 1. The first-order valence-corrected chi connectivity index (χ1v) is 4.31. The average Bonchev–Trinajstić information content (AvgIpc) is 2.58. The molecule has 3 nitrogen and oxygen atoms in total. The van der Waals surface area contributed by atoms with Crippen molar-refractivity contribution in [3.8, 4) is 0 Å². The summed E-state index contributed by atoms with van der Waals surface area (Å²) in [6.45, 7) is 0. The molecule has 0 aliphatic carbocycles. The van der Waals surface area contributed by atoms with E-state index in [1.807, 2.05) is 17.5 Å². The van der Waals surface area contributed by atoms with Crippen LogP contribution in [0.4, 0.5) is 0 Å². The van der Waals surface area contributed by atoms with Gasteiger partial charge in [0.15, 0.2) is 6.10 Å². The fourth-order valence-corrected chi connectivity index (χ4v) is 1.66. The van der Waals surface area contributed by atoms with Crippen molar-refractivity contribution in [1.29, 1.82) is 0 Å². The number of carbonyl (C=O) groups is 1. The highest BCUT2D eigenvalue weighted by Gasteiger charge is 2.21. The van der Waals surface area contributed by atoms with E-state index in [0.29, 0.717) is 0 Å². The van der Waals surface area contributed by atoms with Crippen LogP contribution < -0.4 is 0 Å². The lowest BCUT2D eigenvalue weighted by Gasteiger charge is -2.09. The van der Waals surface area contributed by atoms with Crippen LogP contribution in [0.25, 0.3) is 0 Å². The van der Waals surface area contributed by atoms with Gasteiger partial charge in [-0.3, -0.25) is 0 Å². The maximum Gasteiger partial charge on any atom is 0.340 e. The summed E-state index contributed by atoms with van der Waals surface area (Å²) in [6, 6.07) is 3.71. The van der Waals surface area contributed by atoms with Gasteiger partial charge in [-0.1, -0.05) is 6.07 Å². The molecular weight excluding hydrogens is 176 g/mol. The third kappa shape index (κ3) is 1.84. The number of hydrogen-bond donors (Lipinski definition) is 0. The minimum absolute atomic E-state index is 0.361. The maximum atomic E-state index is 11.1. The molecule has 0 bridgehead atoms. The molecule has 0 saturated heterocycles. The molecule has 0 radical (unpaired) electrons. The predicted molar refractivity (Wildman–Crippen MR) is 46.1 cm³/mol. The van der Waals surface area contributed by atoms with Crippen molar-refractivity contribution >= 4 is 17.3 Å². The number of methoxy groups -OCH3 is 2. The molecule has 1 rings (SSSR count). The first-order valence-electron chi connectivity index (χ1n) is 3.43. The highest BCUT2D eigenvalue weighted by atomic mass is 32.1. The van der Waals surface area contributed by atoms with Crippen molar-refractivity contribution in [2.45, 2.75) is 6.10 Å². The van der Waals surface area contributed by atoms with Gasteiger partial charge in [0.2, 0.25) is 0 Å². The summed E-state index contributed by atoms with van der Waals surface area (Å²) < 4.78 is 9.55. The lowest BCUT2D eigenvalue weighted by atomic mass is 10.3. The summed E-state index contributed by atoms with van der Waals surface area (Å²) in [5.41, 5.74) is 0. The smallest absolute Gasteiger partial charge is 0.340 e. The summed E-state index contributed by atoms with van der Waals surface area (Å²) >= 11 is 1.47. The van der Waals surface area contributed by atoms with Gasteiger partial charge in [-0.05, 0) is 11.4 Å². The van der Waals surface area contributed by atoms with Crippen LogP contribution in [0.5, 0.6) is 0 Å². The number of rotatable bonds is 3. The zero-order valence-corrected chi connectivity index (χ0v) is 7.76. The number of carbonyl (C=O) groups excluding carboxylic acids is 1. The Bertz CT molecular complexity index is 243. The largest absolute Gasteiger partial charge is 0.467 e. The van der Waals surface area contributed by atoms with E-state index >= 15 is 0 Å². The third-order valence-corrected chi connectivity index (χ3v) is 2.37. The monoisotopic (exact) mass is 186 g/mol. The summed E-state index contributed by atoms with van der Waals surface area (Å²) in [5, 5.41) is 1.89. The van der Waals surface area contributed by atoms with Crippen molar-refractivity contribution in [1.82, 2.24) is 0 Å². The van der Waals surface area contributed by atoms with Crippen molar-refractivity contribution in [2.24, 2.45) is 0 Å². The molecule has 0 fully saturated rings. The molecule has 0 spiro atoms. The van der Waals surface area contributed by atoms with E-state index in [4.69, 9.17) is 4.74 Å². The van der Waals surface area contributed by atoms with E-state index in [0.717, 1.165) is 4.88 Å². The van der Waals surface area contributed by atoms with Gasteiger partial charge < -0.3 is 9.47 Å². The van der Waals surface area contributed by atoms with E-state index in [-0.39, 0.29) is 5.97 Å². The van der Waals surface area contributed by atoms with Gasteiger partial charge in [0.1, 0.15) is 0 Å². The molecule has 0 aliphatic rings. The lowest BCUT2D eigenvalue weighted by Crippen LogP contribution is -2.14. The molecule has 0 unspecified atom stereocenters. The second-order valence-electron chi connectivity index (χ2n) is 2.15. The number of ether oxygens (including phenoxy) is 2. The Balaban J connectivity index is 2.76. The highest BCUT2D eigenvalue weighted by molar-refractivity contribution is 7.10. The Hall–Kier alpha value is -0.870. The Labute approximate surface area is 74.9 Å². The molecule has 1 aromatic rings. The fraction of sp³-hybridized carbons (Fsp3) is 0.375. The molecule has 66 valence electrons. The molecule has 4 heteroatoms. The van der Waals surface area contributed by atoms with Gasteiger partial charge in [-0.15, -0.1) is 11.3 Å². The number of thiophene rings is 1. The van der Waals surface area contributed by atoms with Crippen LogP contribution >= 0.6 is 11.3 Å². The van der Waals surface area contributed by atoms with Crippen molar-refractivity contribution in [2.75, 3.05) is 14.2 Å². The molecular formula is C8H10O3S. The minimum atomic E-state index is -0.574. The van der Waals surface area contributed by atoms with Crippen LogP contribution in [-0.2, 0) is 14.3 Å². The van der Waals surface area contributed by atoms with E-state index in [1.54, 1.807) is 0 Å². The minimum Gasteiger partial charge on any atom is -0.467 e. The van der Waals surface area contributed by atoms with Crippen molar-refractivity contribution in [3.63, 3.8) is 0 Å². The fourth-order valence-electron chi connectivity index (χ4n) is 0.876. The van der Waals surface area contributed by atoms with E-state index in [9.17, 15) is 4.79 Å². The molecule has 0 aromatic carbocycles. The molecule has 1 aromatic heterocycles. The summed E-state index contributed by atoms with van der Waals surface area (Å²) in [6.07, 6.45) is -0.574. The van der Waals surface area contributed by atoms with Gasteiger partial charge in [0.25, 0.3) is 0 Å². The Kier molecular flexibility index (Phi) is 3.25. The van der Waals surface area contributed by atoms with E-state index in [1.165, 1.54) is 25.6 Å². The van der Waals surface area contributed by atoms with Crippen LogP contribution in [0.3, 0.4) is 0 Å². The maximum absolute atomic E-state index is 11.1. The Morgan fingerprint density at radius 2 is 2.33 bits per heavy atom. The SMILES string of the molecule is COC(=O)[C@H](OC)c1cccs1. The zero-order chi connectivity index (χ0) is 8.97. The van der Waals surface area contributed by atoms with Gasteiger partial charge in [0.05, 0.1) is 7.11 Å². The van der Waals surface area contributed by atoms with Crippen LogP contribution in [0, 0.1) is 0 Å². The number of hydrogen-bond acceptors (Lipinski definition) is 4. The van der Waals surface area contributed by atoms with Gasteiger partial charge >= 0.3 is 5.97 Å².